The van der Waals surface area contributed by atoms with Gasteiger partial charge in [-0.1, -0.05) is 11.6 Å². The molecule has 1 heterocycles. The topological polar surface area (TPSA) is 64.4 Å². The summed E-state index contributed by atoms with van der Waals surface area (Å²) in [5.41, 5.74) is 2.25. The van der Waals surface area contributed by atoms with Gasteiger partial charge in [-0.15, -0.1) is 0 Å². The fourth-order valence-corrected chi connectivity index (χ4v) is 2.06. The van der Waals surface area contributed by atoms with Crippen LogP contribution in [0.4, 0.5) is 5.69 Å². The summed E-state index contributed by atoms with van der Waals surface area (Å²) >= 11 is 6.03. The molecule has 0 aliphatic carbocycles. The summed E-state index contributed by atoms with van der Waals surface area (Å²) in [5, 5.41) is 3.43. The maximum atomic E-state index is 12.0. The highest BCUT2D eigenvalue weighted by Gasteiger charge is 2.11. The minimum absolute atomic E-state index is 0.115. The van der Waals surface area contributed by atoms with Crippen LogP contribution in [0.5, 0.6) is 5.75 Å². The van der Waals surface area contributed by atoms with Gasteiger partial charge in [-0.2, -0.15) is 0 Å². The van der Waals surface area contributed by atoms with Crippen LogP contribution >= 0.6 is 11.6 Å². The number of amides is 1. The molecule has 1 aromatic heterocycles. The van der Waals surface area contributed by atoms with Crippen molar-refractivity contribution >= 4 is 23.2 Å². The third-order valence-electron chi connectivity index (χ3n) is 3.03. The van der Waals surface area contributed by atoms with Gasteiger partial charge in [-0.25, -0.2) is 4.98 Å². The number of benzene rings is 1. The lowest BCUT2D eigenvalue weighted by molar-refractivity contribution is -0.116. The molecule has 1 N–H and O–H groups in total. The lowest BCUT2D eigenvalue weighted by Crippen LogP contribution is -2.13. The third-order valence-corrected chi connectivity index (χ3v) is 3.44. The van der Waals surface area contributed by atoms with Crippen molar-refractivity contribution < 1.29 is 13.9 Å². The molecule has 2 aromatic rings. The molecule has 0 atom stereocenters. The van der Waals surface area contributed by atoms with Crippen LogP contribution < -0.4 is 10.1 Å². The van der Waals surface area contributed by atoms with Gasteiger partial charge in [0.25, 0.3) is 0 Å². The number of nitrogens with one attached hydrogen (secondary N) is 1. The number of aryl methyl sites for hydroxylation is 3. The molecule has 0 fully saturated rings. The second-order valence-corrected chi connectivity index (χ2v) is 5.11. The van der Waals surface area contributed by atoms with Crippen molar-refractivity contribution in [1.29, 1.82) is 0 Å². The Kier molecular flexibility index (Phi) is 4.85. The van der Waals surface area contributed by atoms with Crippen molar-refractivity contribution in [3.63, 3.8) is 0 Å². The van der Waals surface area contributed by atoms with Crippen molar-refractivity contribution in [2.75, 3.05) is 12.4 Å². The number of hydrogen-bond acceptors (Lipinski definition) is 4. The van der Waals surface area contributed by atoms with Gasteiger partial charge in [0, 0.05) is 30.9 Å². The van der Waals surface area contributed by atoms with Crippen LogP contribution in [0.25, 0.3) is 0 Å². The number of oxazole rings is 1. The maximum Gasteiger partial charge on any atom is 0.224 e. The number of carbonyl (C=O) groups excluding carboxylic acids is 1. The van der Waals surface area contributed by atoms with Crippen LogP contribution in [0.3, 0.4) is 0 Å². The lowest BCUT2D eigenvalue weighted by atomic mass is 10.2. The molecule has 0 saturated heterocycles. The van der Waals surface area contributed by atoms with E-state index in [1.165, 1.54) is 7.11 Å². The molecule has 0 aliphatic heterocycles. The summed E-state index contributed by atoms with van der Waals surface area (Å²) in [6.07, 6.45) is 2.41. The molecule has 0 saturated carbocycles. The standard InChI is InChI=1S/C15H17ClN2O3/c1-9-6-13(14(20-3)7-12(9)16)18-15(19)5-4-11-8-21-10(2)17-11/h6-8H,4-5H2,1-3H3,(H,18,19). The number of rotatable bonds is 5. The minimum Gasteiger partial charge on any atom is -0.495 e. The van der Waals surface area contributed by atoms with Gasteiger partial charge in [0.15, 0.2) is 5.89 Å². The Bertz CT molecular complexity index is 652. The molecule has 2 rings (SSSR count). The second kappa shape index (κ2) is 6.63. The van der Waals surface area contributed by atoms with Crippen molar-refractivity contribution in [1.82, 2.24) is 4.98 Å². The average Bonchev–Trinajstić information content (AvgIpc) is 2.86. The zero-order chi connectivity index (χ0) is 15.4. The van der Waals surface area contributed by atoms with E-state index < -0.39 is 0 Å². The van der Waals surface area contributed by atoms with E-state index in [0.717, 1.165) is 11.3 Å². The summed E-state index contributed by atoms with van der Waals surface area (Å²) in [5.74, 6) is 1.02. The van der Waals surface area contributed by atoms with Gasteiger partial charge in [0.1, 0.15) is 12.0 Å². The van der Waals surface area contributed by atoms with Gasteiger partial charge >= 0.3 is 0 Å². The van der Waals surface area contributed by atoms with E-state index >= 15 is 0 Å². The summed E-state index contributed by atoms with van der Waals surface area (Å²) < 4.78 is 10.3. The fourth-order valence-electron chi connectivity index (χ4n) is 1.91. The van der Waals surface area contributed by atoms with Crippen LogP contribution in [0.15, 0.2) is 22.8 Å². The molecular weight excluding hydrogens is 292 g/mol. The molecule has 0 unspecified atom stereocenters. The average molecular weight is 309 g/mol. The van der Waals surface area contributed by atoms with Crippen LogP contribution in [0.2, 0.25) is 5.02 Å². The van der Waals surface area contributed by atoms with E-state index in [1.54, 1.807) is 25.3 Å². The first-order chi connectivity index (χ1) is 9.99. The van der Waals surface area contributed by atoms with Crippen LogP contribution in [0.1, 0.15) is 23.6 Å². The normalized spacial score (nSPS) is 10.5. The first-order valence-electron chi connectivity index (χ1n) is 6.54. The summed E-state index contributed by atoms with van der Waals surface area (Å²) in [4.78, 5) is 16.2. The number of aromatic nitrogens is 1. The van der Waals surface area contributed by atoms with E-state index in [9.17, 15) is 4.79 Å². The van der Waals surface area contributed by atoms with Crippen LogP contribution in [-0.2, 0) is 11.2 Å². The van der Waals surface area contributed by atoms with Gasteiger partial charge in [0.2, 0.25) is 5.91 Å². The Labute approximate surface area is 128 Å². The van der Waals surface area contributed by atoms with Gasteiger partial charge in [-0.3, -0.25) is 4.79 Å². The Morgan fingerprint density at radius 2 is 2.19 bits per heavy atom. The number of nitrogens with zero attached hydrogens (tertiary/aromatic N) is 1. The van der Waals surface area contributed by atoms with Gasteiger partial charge < -0.3 is 14.5 Å². The van der Waals surface area contributed by atoms with E-state index in [4.69, 9.17) is 20.8 Å². The molecule has 1 aromatic carbocycles. The lowest BCUT2D eigenvalue weighted by Gasteiger charge is -2.12. The quantitative estimate of drug-likeness (QED) is 0.917. The molecule has 6 heteroatoms. The van der Waals surface area contributed by atoms with E-state index in [1.807, 2.05) is 6.92 Å². The highest BCUT2D eigenvalue weighted by molar-refractivity contribution is 6.31. The van der Waals surface area contributed by atoms with Crippen molar-refractivity contribution in [2.24, 2.45) is 0 Å². The Balaban J connectivity index is 2.00. The first-order valence-corrected chi connectivity index (χ1v) is 6.92. The molecule has 5 nitrogen and oxygen atoms in total. The number of hydrogen-bond donors (Lipinski definition) is 1. The minimum atomic E-state index is -0.115. The third kappa shape index (κ3) is 3.98. The molecule has 112 valence electrons. The van der Waals surface area contributed by atoms with Crippen molar-refractivity contribution in [3.8, 4) is 5.75 Å². The summed E-state index contributed by atoms with van der Waals surface area (Å²) in [6.45, 7) is 3.64. The number of anilines is 1. The molecule has 0 spiro atoms. The smallest absolute Gasteiger partial charge is 0.224 e. The van der Waals surface area contributed by atoms with Gasteiger partial charge in [-0.05, 0) is 18.6 Å². The van der Waals surface area contributed by atoms with Crippen molar-refractivity contribution in [2.45, 2.75) is 26.7 Å². The van der Waals surface area contributed by atoms with E-state index in [-0.39, 0.29) is 5.91 Å². The number of carbonyl (C=O) groups is 1. The Morgan fingerprint density at radius 3 is 2.81 bits per heavy atom. The van der Waals surface area contributed by atoms with Crippen molar-refractivity contribution in [3.05, 3.63) is 40.6 Å². The SMILES string of the molecule is COc1cc(Cl)c(C)cc1NC(=O)CCc1coc(C)n1. The first kappa shape index (κ1) is 15.4. The molecular formula is C15H17ClN2O3. The Hall–Kier alpha value is -2.01. The largest absolute Gasteiger partial charge is 0.495 e. The van der Waals surface area contributed by atoms with Gasteiger partial charge in [0.05, 0.1) is 18.5 Å². The molecule has 0 aliphatic rings. The van der Waals surface area contributed by atoms with Crippen LogP contribution in [0, 0.1) is 13.8 Å². The molecule has 21 heavy (non-hydrogen) atoms. The predicted molar refractivity (Wildman–Crippen MR) is 80.9 cm³/mol. The second-order valence-electron chi connectivity index (χ2n) is 4.71. The fraction of sp³-hybridized carbons (Fsp3) is 0.333. The maximum absolute atomic E-state index is 12.0. The summed E-state index contributed by atoms with van der Waals surface area (Å²) in [7, 11) is 1.54. The number of methoxy groups -OCH3 is 1. The monoisotopic (exact) mass is 308 g/mol. The van der Waals surface area contributed by atoms with E-state index in [2.05, 4.69) is 10.3 Å². The summed E-state index contributed by atoms with van der Waals surface area (Å²) in [6, 6.07) is 3.48. The predicted octanol–water partition coefficient (Wildman–Crippen LogP) is 3.52. The van der Waals surface area contributed by atoms with Crippen LogP contribution in [-0.4, -0.2) is 18.0 Å². The highest BCUT2D eigenvalue weighted by Crippen LogP contribution is 2.31. The Morgan fingerprint density at radius 1 is 1.43 bits per heavy atom. The zero-order valence-corrected chi connectivity index (χ0v) is 13.0. The van der Waals surface area contributed by atoms with E-state index in [0.29, 0.717) is 35.2 Å². The zero-order valence-electron chi connectivity index (χ0n) is 12.2. The number of halogens is 1. The molecule has 1 amide bonds. The number of ether oxygens (including phenoxy) is 1. The highest BCUT2D eigenvalue weighted by atomic mass is 35.5. The molecule has 0 bridgehead atoms. The molecule has 0 radical (unpaired) electrons.